The minimum absolute atomic E-state index is 0.0370. The lowest BCUT2D eigenvalue weighted by Crippen LogP contribution is -2.28. The Labute approximate surface area is 109 Å². The van der Waals surface area contributed by atoms with Gasteiger partial charge in [0.2, 0.25) is 16.0 Å². The van der Waals surface area contributed by atoms with Gasteiger partial charge in [-0.1, -0.05) is 5.21 Å². The molecular weight excluding hydrogens is 272 g/mol. The Kier molecular flexibility index (Phi) is 3.99. The zero-order chi connectivity index (χ0) is 13.7. The maximum atomic E-state index is 11.9. The van der Waals surface area contributed by atoms with Crippen molar-refractivity contribution < 1.29 is 8.42 Å². The fourth-order valence-corrected chi connectivity index (χ4v) is 2.17. The molecule has 11 heteroatoms. The summed E-state index contributed by atoms with van der Waals surface area (Å²) in [5.74, 6) is 5.23. The molecule has 0 spiro atoms. The van der Waals surface area contributed by atoms with Crippen molar-refractivity contribution in [1.82, 2.24) is 29.7 Å². The molecule has 10 nitrogen and oxygen atoms in total. The number of rotatable bonds is 6. The van der Waals surface area contributed by atoms with E-state index in [0.717, 1.165) is 0 Å². The molecule has 19 heavy (non-hydrogen) atoms. The normalized spacial score (nSPS) is 11.4. The number of anilines is 1. The first-order chi connectivity index (χ1) is 9.12. The van der Waals surface area contributed by atoms with Gasteiger partial charge in [-0.25, -0.2) is 29.0 Å². The zero-order valence-corrected chi connectivity index (χ0v) is 10.6. The van der Waals surface area contributed by atoms with Gasteiger partial charge >= 0.3 is 0 Å². The Morgan fingerprint density at radius 1 is 1.32 bits per heavy atom. The van der Waals surface area contributed by atoms with Crippen molar-refractivity contribution in [3.63, 3.8) is 0 Å². The zero-order valence-electron chi connectivity index (χ0n) is 9.76. The smallest absolute Gasteiger partial charge is 0.243 e. The Bertz CT molecular complexity index is 609. The number of hydrogen-bond donors (Lipinski definition) is 3. The second-order valence-electron chi connectivity index (χ2n) is 3.45. The van der Waals surface area contributed by atoms with E-state index in [-0.39, 0.29) is 17.4 Å². The number of hydrazine groups is 1. The first-order valence-corrected chi connectivity index (χ1v) is 6.72. The molecule has 0 saturated carbocycles. The van der Waals surface area contributed by atoms with Crippen LogP contribution >= 0.6 is 0 Å². The molecule has 0 radical (unpaired) electrons. The van der Waals surface area contributed by atoms with Gasteiger partial charge in [-0.05, 0) is 0 Å². The van der Waals surface area contributed by atoms with Crippen LogP contribution in [0.2, 0.25) is 0 Å². The summed E-state index contributed by atoms with van der Waals surface area (Å²) in [5, 5.41) is 7.33. The van der Waals surface area contributed by atoms with Crippen molar-refractivity contribution in [3.05, 3.63) is 24.8 Å². The summed E-state index contributed by atoms with van der Waals surface area (Å²) >= 11 is 0. The van der Waals surface area contributed by atoms with E-state index in [9.17, 15) is 8.42 Å². The van der Waals surface area contributed by atoms with Crippen LogP contribution in [0.4, 0.5) is 5.95 Å². The summed E-state index contributed by atoms with van der Waals surface area (Å²) in [4.78, 5) is 7.42. The van der Waals surface area contributed by atoms with E-state index in [0.29, 0.717) is 6.54 Å². The minimum atomic E-state index is -3.64. The monoisotopic (exact) mass is 284 g/mol. The molecule has 0 atom stereocenters. The van der Waals surface area contributed by atoms with Gasteiger partial charge < -0.3 is 0 Å². The first kappa shape index (κ1) is 13.3. The van der Waals surface area contributed by atoms with Gasteiger partial charge in [0.1, 0.15) is 4.90 Å². The largest absolute Gasteiger partial charge is 0.292 e. The fraction of sp³-hybridized carbons (Fsp3) is 0.250. The summed E-state index contributed by atoms with van der Waals surface area (Å²) in [6.45, 7) is 0.561. The molecule has 0 unspecified atom stereocenters. The van der Waals surface area contributed by atoms with Gasteiger partial charge in [0.25, 0.3) is 0 Å². The van der Waals surface area contributed by atoms with Crippen LogP contribution in [0.25, 0.3) is 0 Å². The average Bonchev–Trinajstić information content (AvgIpc) is 2.92. The second kappa shape index (κ2) is 5.69. The summed E-state index contributed by atoms with van der Waals surface area (Å²) in [7, 11) is -3.64. The minimum Gasteiger partial charge on any atom is -0.292 e. The average molecular weight is 284 g/mol. The predicted octanol–water partition coefficient (Wildman–Crippen LogP) is -1.67. The van der Waals surface area contributed by atoms with Crippen LogP contribution in [0, 0.1) is 0 Å². The van der Waals surface area contributed by atoms with Crippen molar-refractivity contribution in [2.75, 3.05) is 12.0 Å². The maximum absolute atomic E-state index is 11.9. The van der Waals surface area contributed by atoms with Crippen molar-refractivity contribution in [3.8, 4) is 0 Å². The molecule has 102 valence electrons. The molecule has 0 aromatic carbocycles. The molecule has 2 heterocycles. The molecule has 0 aliphatic rings. The van der Waals surface area contributed by atoms with Gasteiger partial charge in [-0.3, -0.25) is 10.1 Å². The third kappa shape index (κ3) is 3.43. The number of nitrogens with one attached hydrogen (secondary N) is 2. The highest BCUT2D eigenvalue weighted by molar-refractivity contribution is 7.89. The van der Waals surface area contributed by atoms with Gasteiger partial charge in [0.05, 0.1) is 25.1 Å². The Morgan fingerprint density at radius 2 is 2.05 bits per heavy atom. The Balaban J connectivity index is 1.97. The van der Waals surface area contributed by atoms with E-state index >= 15 is 0 Å². The summed E-state index contributed by atoms with van der Waals surface area (Å²) in [6.07, 6.45) is 5.49. The van der Waals surface area contributed by atoms with Crippen LogP contribution in [-0.4, -0.2) is 39.9 Å². The van der Waals surface area contributed by atoms with Crippen LogP contribution in [0.5, 0.6) is 0 Å². The van der Waals surface area contributed by atoms with E-state index in [4.69, 9.17) is 5.84 Å². The van der Waals surface area contributed by atoms with Crippen LogP contribution in [0.15, 0.2) is 29.7 Å². The number of nitrogens with zero attached hydrogens (tertiary/aromatic N) is 5. The molecule has 0 aliphatic heterocycles. The molecular formula is C8H12N8O2S. The highest BCUT2D eigenvalue weighted by Crippen LogP contribution is 2.06. The SMILES string of the molecule is NNc1ncc(S(=O)(=O)NCCn2ccnn2)cn1. The van der Waals surface area contributed by atoms with E-state index in [1.807, 2.05) is 0 Å². The quantitative estimate of drug-likeness (QED) is 0.422. The van der Waals surface area contributed by atoms with Crippen LogP contribution in [0.1, 0.15) is 0 Å². The molecule has 0 fully saturated rings. The molecule has 2 aromatic rings. The standard InChI is InChI=1S/C8H12N8O2S/c9-14-8-10-5-7(6-11-8)19(17,18)13-2-4-16-3-1-12-15-16/h1,3,5-6,13H,2,4,9H2,(H,10,11,14). The first-order valence-electron chi connectivity index (χ1n) is 5.24. The van der Waals surface area contributed by atoms with Crippen molar-refractivity contribution in [2.45, 2.75) is 11.4 Å². The van der Waals surface area contributed by atoms with Gasteiger partial charge in [0, 0.05) is 12.7 Å². The molecule has 2 aromatic heterocycles. The van der Waals surface area contributed by atoms with E-state index in [1.54, 1.807) is 6.20 Å². The highest BCUT2D eigenvalue weighted by atomic mass is 32.2. The van der Waals surface area contributed by atoms with Crippen LogP contribution in [0.3, 0.4) is 0 Å². The van der Waals surface area contributed by atoms with Crippen molar-refractivity contribution in [1.29, 1.82) is 0 Å². The number of nitrogen functional groups attached to an aromatic ring is 1. The van der Waals surface area contributed by atoms with Gasteiger partial charge in [-0.15, -0.1) is 5.10 Å². The lowest BCUT2D eigenvalue weighted by molar-refractivity contribution is 0.552. The number of hydrogen-bond acceptors (Lipinski definition) is 8. The summed E-state index contributed by atoms with van der Waals surface area (Å²) in [5.41, 5.74) is 2.21. The third-order valence-corrected chi connectivity index (χ3v) is 3.59. The van der Waals surface area contributed by atoms with Gasteiger partial charge in [0.15, 0.2) is 0 Å². The van der Waals surface area contributed by atoms with Crippen LogP contribution in [-0.2, 0) is 16.6 Å². The molecule has 4 N–H and O–H groups in total. The van der Waals surface area contributed by atoms with Gasteiger partial charge in [-0.2, -0.15) is 0 Å². The number of sulfonamides is 1. The highest BCUT2D eigenvalue weighted by Gasteiger charge is 2.14. The third-order valence-electron chi connectivity index (χ3n) is 2.17. The summed E-state index contributed by atoms with van der Waals surface area (Å²) in [6, 6.07) is 0. The van der Waals surface area contributed by atoms with Crippen molar-refractivity contribution in [2.24, 2.45) is 5.84 Å². The second-order valence-corrected chi connectivity index (χ2v) is 5.22. The fourth-order valence-electron chi connectivity index (χ4n) is 1.26. The lowest BCUT2D eigenvalue weighted by atomic mass is 10.6. The van der Waals surface area contributed by atoms with E-state index < -0.39 is 10.0 Å². The Morgan fingerprint density at radius 3 is 2.63 bits per heavy atom. The van der Waals surface area contributed by atoms with Crippen LogP contribution < -0.4 is 16.0 Å². The molecule has 2 rings (SSSR count). The topological polar surface area (TPSA) is 141 Å². The maximum Gasteiger partial charge on any atom is 0.243 e. The van der Waals surface area contributed by atoms with E-state index in [2.05, 4.69) is 30.4 Å². The predicted molar refractivity (Wildman–Crippen MR) is 65.1 cm³/mol. The summed E-state index contributed by atoms with van der Waals surface area (Å²) < 4.78 is 27.7. The Hall–Kier alpha value is -2.11. The molecule has 0 aliphatic carbocycles. The number of nitrogens with two attached hydrogens (primary N) is 1. The molecule has 0 bridgehead atoms. The molecule has 0 saturated heterocycles. The van der Waals surface area contributed by atoms with Crippen molar-refractivity contribution >= 4 is 16.0 Å². The lowest BCUT2D eigenvalue weighted by Gasteiger charge is -2.06. The number of aromatic nitrogens is 5. The molecule has 0 amide bonds. The van der Waals surface area contributed by atoms with E-state index in [1.165, 1.54) is 23.3 Å².